The molecule has 0 radical (unpaired) electrons. The summed E-state index contributed by atoms with van der Waals surface area (Å²) in [6.07, 6.45) is 3.71. The Morgan fingerprint density at radius 3 is 2.28 bits per heavy atom. The van der Waals surface area contributed by atoms with Gasteiger partial charge in [-0.3, -0.25) is 9.59 Å². The zero-order valence-corrected chi connectivity index (χ0v) is 16.9. The van der Waals surface area contributed by atoms with Crippen molar-refractivity contribution in [3.63, 3.8) is 0 Å². The van der Waals surface area contributed by atoms with Crippen LogP contribution in [0.3, 0.4) is 0 Å². The highest BCUT2D eigenvalue weighted by molar-refractivity contribution is 5.89. The van der Waals surface area contributed by atoms with Crippen molar-refractivity contribution in [2.24, 2.45) is 5.92 Å². The van der Waals surface area contributed by atoms with Crippen molar-refractivity contribution in [3.8, 4) is 11.1 Å². The van der Waals surface area contributed by atoms with E-state index in [9.17, 15) is 14.0 Å². The van der Waals surface area contributed by atoms with Crippen molar-refractivity contribution >= 4 is 17.5 Å². The number of amides is 2. The summed E-state index contributed by atoms with van der Waals surface area (Å²) >= 11 is 0. The molecule has 0 aromatic heterocycles. The molecule has 154 valence electrons. The van der Waals surface area contributed by atoms with Gasteiger partial charge in [-0.25, -0.2) is 4.39 Å². The van der Waals surface area contributed by atoms with Crippen LogP contribution in [0.5, 0.6) is 0 Å². The molecule has 2 amide bonds. The van der Waals surface area contributed by atoms with Gasteiger partial charge in [0.15, 0.2) is 0 Å². The zero-order valence-electron chi connectivity index (χ0n) is 16.9. The normalized spacial score (nSPS) is 18.9. The van der Waals surface area contributed by atoms with E-state index < -0.39 is 0 Å². The fourth-order valence-electron chi connectivity index (χ4n) is 3.81. The second-order valence-electron chi connectivity index (χ2n) is 7.62. The number of anilines is 1. The average molecular weight is 397 g/mol. The molecule has 0 spiro atoms. The number of nitrogens with one attached hydrogen (secondary N) is 3. The van der Waals surface area contributed by atoms with Crippen LogP contribution in [0.2, 0.25) is 0 Å². The van der Waals surface area contributed by atoms with E-state index in [-0.39, 0.29) is 30.1 Å². The number of hydrogen-bond acceptors (Lipinski definition) is 3. The summed E-state index contributed by atoms with van der Waals surface area (Å²) < 4.78 is 14.3. The number of benzene rings is 2. The highest BCUT2D eigenvalue weighted by Gasteiger charge is 2.25. The van der Waals surface area contributed by atoms with E-state index in [1.807, 2.05) is 31.3 Å². The smallest absolute Gasteiger partial charge is 0.223 e. The minimum atomic E-state index is -0.331. The van der Waals surface area contributed by atoms with Crippen molar-refractivity contribution in [1.82, 2.24) is 10.6 Å². The second kappa shape index (κ2) is 9.65. The van der Waals surface area contributed by atoms with Crippen molar-refractivity contribution in [2.75, 3.05) is 12.4 Å². The van der Waals surface area contributed by atoms with Gasteiger partial charge in [-0.05, 0) is 68.1 Å². The maximum atomic E-state index is 14.3. The van der Waals surface area contributed by atoms with Crippen LogP contribution in [0.15, 0.2) is 42.5 Å². The van der Waals surface area contributed by atoms with Gasteiger partial charge in [0.25, 0.3) is 0 Å². The van der Waals surface area contributed by atoms with E-state index in [2.05, 4.69) is 16.0 Å². The fourth-order valence-corrected chi connectivity index (χ4v) is 3.81. The molecule has 1 aliphatic carbocycles. The maximum Gasteiger partial charge on any atom is 0.223 e. The Kier molecular flexibility index (Phi) is 6.99. The molecule has 1 fully saturated rings. The molecule has 6 heteroatoms. The van der Waals surface area contributed by atoms with Crippen LogP contribution in [0, 0.1) is 11.7 Å². The standard InChI is InChI=1S/C23H28FN3O2/c1-15(28)27-21-10-3-16(4-11-21)18-7-12-22(24)19(13-18)14-26-23(29)17-5-8-20(25-2)9-6-17/h3-4,7,10-13,17,20,25H,5-6,8-9,14H2,1-2H3,(H,26,29)(H,27,28). The number of rotatable bonds is 6. The molecule has 1 aliphatic rings. The highest BCUT2D eigenvalue weighted by atomic mass is 19.1. The highest BCUT2D eigenvalue weighted by Crippen LogP contribution is 2.26. The van der Waals surface area contributed by atoms with Gasteiger partial charge in [0.05, 0.1) is 0 Å². The lowest BCUT2D eigenvalue weighted by atomic mass is 9.85. The van der Waals surface area contributed by atoms with E-state index in [0.717, 1.165) is 36.8 Å². The third-order valence-corrected chi connectivity index (χ3v) is 5.54. The molecule has 5 nitrogen and oxygen atoms in total. The molecule has 0 unspecified atom stereocenters. The van der Waals surface area contributed by atoms with Gasteiger partial charge in [-0.1, -0.05) is 18.2 Å². The van der Waals surface area contributed by atoms with Crippen molar-refractivity contribution in [3.05, 3.63) is 53.8 Å². The summed E-state index contributed by atoms with van der Waals surface area (Å²) in [5, 5.41) is 8.89. The number of carbonyl (C=O) groups is 2. The van der Waals surface area contributed by atoms with Crippen molar-refractivity contribution in [1.29, 1.82) is 0 Å². The van der Waals surface area contributed by atoms with E-state index in [0.29, 0.717) is 17.3 Å². The molecule has 3 rings (SSSR count). The molecule has 2 aromatic rings. The molecule has 29 heavy (non-hydrogen) atoms. The quantitative estimate of drug-likeness (QED) is 0.694. The minimum absolute atomic E-state index is 0.00372. The van der Waals surface area contributed by atoms with Gasteiger partial charge in [-0.2, -0.15) is 0 Å². The molecule has 0 heterocycles. The molecular formula is C23H28FN3O2. The summed E-state index contributed by atoms with van der Waals surface area (Å²) in [6.45, 7) is 1.63. The van der Waals surface area contributed by atoms with Gasteiger partial charge >= 0.3 is 0 Å². The molecule has 0 bridgehead atoms. The predicted octanol–water partition coefficient (Wildman–Crippen LogP) is 3.85. The summed E-state index contributed by atoms with van der Waals surface area (Å²) in [6, 6.07) is 12.8. The first kappa shape index (κ1) is 21.0. The molecule has 0 saturated heterocycles. The Bertz CT molecular complexity index is 859. The molecule has 0 aliphatic heterocycles. The fraction of sp³-hybridized carbons (Fsp3) is 0.391. The summed E-state index contributed by atoms with van der Waals surface area (Å²) in [5.74, 6) is -0.448. The summed E-state index contributed by atoms with van der Waals surface area (Å²) in [5.41, 5.74) is 2.95. The van der Waals surface area contributed by atoms with Gasteiger partial charge in [-0.15, -0.1) is 0 Å². The maximum absolute atomic E-state index is 14.3. The van der Waals surface area contributed by atoms with Crippen LogP contribution in [0.25, 0.3) is 11.1 Å². The Balaban J connectivity index is 1.63. The third kappa shape index (κ3) is 5.64. The second-order valence-corrected chi connectivity index (χ2v) is 7.62. The Labute approximate surface area is 171 Å². The monoisotopic (exact) mass is 397 g/mol. The molecule has 0 atom stereocenters. The van der Waals surface area contributed by atoms with E-state index in [1.54, 1.807) is 12.1 Å². The Hall–Kier alpha value is -2.73. The summed E-state index contributed by atoms with van der Waals surface area (Å²) in [4.78, 5) is 23.6. The zero-order chi connectivity index (χ0) is 20.8. The lowest BCUT2D eigenvalue weighted by molar-refractivity contribution is -0.126. The topological polar surface area (TPSA) is 70.2 Å². The number of carbonyl (C=O) groups excluding carboxylic acids is 2. The lowest BCUT2D eigenvalue weighted by Gasteiger charge is -2.27. The molecular weight excluding hydrogens is 369 g/mol. The van der Waals surface area contributed by atoms with Gasteiger partial charge in [0, 0.05) is 36.7 Å². The van der Waals surface area contributed by atoms with Crippen molar-refractivity contribution in [2.45, 2.75) is 45.2 Å². The minimum Gasteiger partial charge on any atom is -0.352 e. The molecule has 2 aromatic carbocycles. The van der Waals surface area contributed by atoms with Crippen molar-refractivity contribution < 1.29 is 14.0 Å². The largest absolute Gasteiger partial charge is 0.352 e. The summed E-state index contributed by atoms with van der Waals surface area (Å²) in [7, 11) is 1.95. The Morgan fingerprint density at radius 2 is 1.66 bits per heavy atom. The SMILES string of the molecule is CNC1CCC(C(=O)NCc2cc(-c3ccc(NC(C)=O)cc3)ccc2F)CC1. The van der Waals surface area contributed by atoms with Gasteiger partial charge in [0.1, 0.15) is 5.82 Å². The van der Waals surface area contributed by atoms with Crippen LogP contribution in [-0.4, -0.2) is 24.9 Å². The third-order valence-electron chi connectivity index (χ3n) is 5.54. The molecule has 1 saturated carbocycles. The van der Waals surface area contributed by atoms with Crippen LogP contribution in [0.4, 0.5) is 10.1 Å². The van der Waals surface area contributed by atoms with Crippen LogP contribution in [-0.2, 0) is 16.1 Å². The first-order valence-electron chi connectivity index (χ1n) is 10.1. The number of halogens is 1. The Morgan fingerprint density at radius 1 is 1.00 bits per heavy atom. The van der Waals surface area contributed by atoms with E-state index in [4.69, 9.17) is 0 Å². The average Bonchev–Trinajstić information content (AvgIpc) is 2.73. The van der Waals surface area contributed by atoms with Crippen LogP contribution in [0.1, 0.15) is 38.2 Å². The van der Waals surface area contributed by atoms with Gasteiger partial charge < -0.3 is 16.0 Å². The van der Waals surface area contributed by atoms with Gasteiger partial charge in [0.2, 0.25) is 11.8 Å². The predicted molar refractivity (Wildman–Crippen MR) is 113 cm³/mol. The number of hydrogen-bond donors (Lipinski definition) is 3. The molecule has 3 N–H and O–H groups in total. The first-order chi connectivity index (χ1) is 14.0. The lowest BCUT2D eigenvalue weighted by Crippen LogP contribution is -2.37. The van der Waals surface area contributed by atoms with E-state index in [1.165, 1.54) is 13.0 Å². The van der Waals surface area contributed by atoms with Crippen LogP contribution >= 0.6 is 0 Å². The van der Waals surface area contributed by atoms with Crippen LogP contribution < -0.4 is 16.0 Å². The van der Waals surface area contributed by atoms with E-state index >= 15 is 0 Å². The first-order valence-corrected chi connectivity index (χ1v) is 10.1.